The Balaban J connectivity index is 2.30. The van der Waals surface area contributed by atoms with E-state index in [4.69, 9.17) is 5.11 Å². The molecule has 0 atom stereocenters. The SMILES string of the molecule is C=C(C)CN(CC)C(=O)CSCC1(CC(=O)O)CC1. The highest BCUT2D eigenvalue weighted by atomic mass is 32.2. The van der Waals surface area contributed by atoms with Crippen LogP contribution in [0.5, 0.6) is 0 Å². The van der Waals surface area contributed by atoms with Gasteiger partial charge in [0.15, 0.2) is 0 Å². The molecule has 0 heterocycles. The van der Waals surface area contributed by atoms with Crippen LogP contribution < -0.4 is 0 Å². The second-order valence-electron chi connectivity index (χ2n) is 5.43. The smallest absolute Gasteiger partial charge is 0.303 e. The number of hydrogen-bond donors (Lipinski definition) is 1. The maximum Gasteiger partial charge on any atom is 0.303 e. The van der Waals surface area contributed by atoms with Crippen molar-refractivity contribution < 1.29 is 14.7 Å². The van der Waals surface area contributed by atoms with Crippen LogP contribution in [0.1, 0.15) is 33.1 Å². The van der Waals surface area contributed by atoms with Gasteiger partial charge in [-0.05, 0) is 37.9 Å². The predicted octanol–water partition coefficient (Wildman–Crippen LogP) is 2.40. The van der Waals surface area contributed by atoms with Gasteiger partial charge in [0.2, 0.25) is 5.91 Å². The molecule has 1 fully saturated rings. The summed E-state index contributed by atoms with van der Waals surface area (Å²) in [6, 6.07) is 0. The van der Waals surface area contributed by atoms with E-state index in [2.05, 4.69) is 6.58 Å². The van der Waals surface area contributed by atoms with Gasteiger partial charge >= 0.3 is 5.97 Å². The number of carbonyl (C=O) groups excluding carboxylic acids is 1. The molecule has 19 heavy (non-hydrogen) atoms. The van der Waals surface area contributed by atoms with Crippen molar-refractivity contribution in [3.05, 3.63) is 12.2 Å². The third kappa shape index (κ3) is 5.68. The molecule has 0 bridgehead atoms. The topological polar surface area (TPSA) is 57.6 Å². The van der Waals surface area contributed by atoms with Crippen molar-refractivity contribution in [2.75, 3.05) is 24.6 Å². The molecular weight excluding hydrogens is 262 g/mol. The monoisotopic (exact) mass is 285 g/mol. The van der Waals surface area contributed by atoms with Gasteiger partial charge < -0.3 is 10.0 Å². The Labute approximate surface area is 119 Å². The van der Waals surface area contributed by atoms with Crippen molar-refractivity contribution in [2.24, 2.45) is 5.41 Å². The number of carboxylic acids is 1. The van der Waals surface area contributed by atoms with Gasteiger partial charge in [0.25, 0.3) is 0 Å². The van der Waals surface area contributed by atoms with Crippen LogP contribution in [0.3, 0.4) is 0 Å². The lowest BCUT2D eigenvalue weighted by atomic mass is 10.1. The Morgan fingerprint density at radius 1 is 1.42 bits per heavy atom. The summed E-state index contributed by atoms with van der Waals surface area (Å²) in [5.41, 5.74) is 0.937. The average Bonchev–Trinajstić information content (AvgIpc) is 3.04. The Bertz CT molecular complexity index is 364. The van der Waals surface area contributed by atoms with E-state index in [-0.39, 0.29) is 17.7 Å². The van der Waals surface area contributed by atoms with Crippen molar-refractivity contribution in [3.63, 3.8) is 0 Å². The van der Waals surface area contributed by atoms with Crippen molar-refractivity contribution in [3.8, 4) is 0 Å². The Hall–Kier alpha value is -0.970. The molecule has 0 spiro atoms. The highest BCUT2D eigenvalue weighted by molar-refractivity contribution is 7.99. The van der Waals surface area contributed by atoms with Gasteiger partial charge in [-0.25, -0.2) is 0 Å². The normalized spacial score (nSPS) is 15.9. The van der Waals surface area contributed by atoms with Gasteiger partial charge in [-0.15, -0.1) is 0 Å². The number of thioether (sulfide) groups is 1. The summed E-state index contributed by atoms with van der Waals surface area (Å²) in [4.78, 5) is 24.5. The van der Waals surface area contributed by atoms with E-state index in [0.717, 1.165) is 24.2 Å². The van der Waals surface area contributed by atoms with Crippen LogP contribution in [0.4, 0.5) is 0 Å². The number of nitrogens with zero attached hydrogens (tertiary/aromatic N) is 1. The Morgan fingerprint density at radius 3 is 2.47 bits per heavy atom. The quantitative estimate of drug-likeness (QED) is 0.661. The van der Waals surface area contributed by atoms with Crippen LogP contribution in [-0.2, 0) is 9.59 Å². The minimum absolute atomic E-state index is 0.0395. The lowest BCUT2D eigenvalue weighted by Crippen LogP contribution is -2.33. The number of carboxylic acid groups (broad SMARTS) is 1. The molecular formula is C14H23NO3S. The van der Waals surface area contributed by atoms with E-state index >= 15 is 0 Å². The first-order valence-electron chi connectivity index (χ1n) is 6.60. The summed E-state index contributed by atoms with van der Waals surface area (Å²) in [6.45, 7) is 8.98. The third-order valence-corrected chi connectivity index (χ3v) is 4.58. The van der Waals surface area contributed by atoms with Gasteiger partial charge in [0.05, 0.1) is 12.2 Å². The van der Waals surface area contributed by atoms with E-state index in [9.17, 15) is 9.59 Å². The van der Waals surface area contributed by atoms with E-state index in [1.807, 2.05) is 13.8 Å². The highest BCUT2D eigenvalue weighted by Gasteiger charge is 2.44. The van der Waals surface area contributed by atoms with Crippen LogP contribution in [0.2, 0.25) is 0 Å². The fourth-order valence-electron chi connectivity index (χ4n) is 2.02. The average molecular weight is 285 g/mol. The maximum atomic E-state index is 12.0. The number of amides is 1. The van der Waals surface area contributed by atoms with Gasteiger partial charge in [-0.2, -0.15) is 11.8 Å². The summed E-state index contributed by atoms with van der Waals surface area (Å²) in [5.74, 6) is 0.585. The van der Waals surface area contributed by atoms with Crippen LogP contribution in [0.15, 0.2) is 12.2 Å². The lowest BCUT2D eigenvalue weighted by molar-refractivity contribution is -0.138. The molecule has 1 N–H and O–H groups in total. The third-order valence-electron chi connectivity index (χ3n) is 3.31. The molecule has 0 aliphatic heterocycles. The number of likely N-dealkylation sites (N-methyl/N-ethyl adjacent to an activating group) is 1. The first-order chi connectivity index (χ1) is 8.88. The van der Waals surface area contributed by atoms with Crippen molar-refractivity contribution in [1.29, 1.82) is 0 Å². The zero-order valence-corrected chi connectivity index (χ0v) is 12.6. The van der Waals surface area contributed by atoms with E-state index in [1.165, 1.54) is 0 Å². The molecule has 1 saturated carbocycles. The van der Waals surface area contributed by atoms with Gasteiger partial charge in [0, 0.05) is 13.1 Å². The van der Waals surface area contributed by atoms with Crippen molar-refractivity contribution >= 4 is 23.6 Å². The highest BCUT2D eigenvalue weighted by Crippen LogP contribution is 2.50. The molecule has 1 amide bonds. The summed E-state index contributed by atoms with van der Waals surface area (Å²) in [7, 11) is 0. The Kier molecular flexibility index (Phi) is 5.91. The standard InChI is InChI=1S/C14H23NO3S/c1-4-15(8-11(2)3)12(16)9-19-10-14(5-6-14)7-13(17)18/h2,4-10H2,1,3H3,(H,17,18). The summed E-state index contributed by atoms with van der Waals surface area (Å²) in [6.07, 6.45) is 2.19. The molecule has 0 aromatic heterocycles. The number of rotatable bonds is 9. The van der Waals surface area contributed by atoms with Gasteiger partial charge in [-0.1, -0.05) is 12.2 Å². The summed E-state index contributed by atoms with van der Waals surface area (Å²) >= 11 is 1.56. The zero-order valence-electron chi connectivity index (χ0n) is 11.8. The molecule has 1 aliphatic carbocycles. The fraction of sp³-hybridized carbons (Fsp3) is 0.714. The minimum atomic E-state index is -0.734. The predicted molar refractivity (Wildman–Crippen MR) is 78.3 cm³/mol. The van der Waals surface area contributed by atoms with Crippen molar-refractivity contribution in [1.82, 2.24) is 4.90 Å². The molecule has 4 nitrogen and oxygen atoms in total. The van der Waals surface area contributed by atoms with Gasteiger partial charge in [0.1, 0.15) is 0 Å². The molecule has 1 rings (SSSR count). The first-order valence-corrected chi connectivity index (χ1v) is 7.76. The maximum absolute atomic E-state index is 12.0. The zero-order chi connectivity index (χ0) is 14.5. The Morgan fingerprint density at radius 2 is 2.05 bits per heavy atom. The largest absolute Gasteiger partial charge is 0.481 e. The molecule has 5 heteroatoms. The number of aliphatic carboxylic acids is 1. The lowest BCUT2D eigenvalue weighted by Gasteiger charge is -2.21. The molecule has 0 aromatic rings. The van der Waals surface area contributed by atoms with Gasteiger partial charge in [-0.3, -0.25) is 9.59 Å². The molecule has 0 unspecified atom stereocenters. The molecule has 0 saturated heterocycles. The van der Waals surface area contributed by atoms with Crippen LogP contribution in [0, 0.1) is 5.41 Å². The second-order valence-corrected chi connectivity index (χ2v) is 6.41. The number of hydrogen-bond acceptors (Lipinski definition) is 3. The molecule has 108 valence electrons. The molecule has 1 aliphatic rings. The number of carbonyl (C=O) groups is 2. The summed E-state index contributed by atoms with van der Waals surface area (Å²) < 4.78 is 0. The summed E-state index contributed by atoms with van der Waals surface area (Å²) in [5, 5.41) is 8.83. The minimum Gasteiger partial charge on any atom is -0.481 e. The molecule has 0 radical (unpaired) electrons. The van der Waals surface area contributed by atoms with Crippen molar-refractivity contribution in [2.45, 2.75) is 33.1 Å². The van der Waals surface area contributed by atoms with E-state index in [1.54, 1.807) is 16.7 Å². The van der Waals surface area contributed by atoms with Crippen LogP contribution >= 0.6 is 11.8 Å². The fourth-order valence-corrected chi connectivity index (χ4v) is 3.30. The van der Waals surface area contributed by atoms with E-state index in [0.29, 0.717) is 18.8 Å². The molecule has 0 aromatic carbocycles. The first kappa shape index (κ1) is 16.1. The van der Waals surface area contributed by atoms with Crippen LogP contribution in [-0.4, -0.2) is 46.5 Å². The van der Waals surface area contributed by atoms with E-state index < -0.39 is 5.97 Å². The van der Waals surface area contributed by atoms with Crippen LogP contribution in [0.25, 0.3) is 0 Å². The second kappa shape index (κ2) is 6.98.